The number of nitrogens with zero attached hydrogens (tertiary/aromatic N) is 3. The number of halogens is 1. The first-order chi connectivity index (χ1) is 12.5. The molecule has 0 saturated carbocycles. The molecule has 0 aliphatic rings. The lowest BCUT2D eigenvalue weighted by Crippen LogP contribution is -2.30. The Kier molecular flexibility index (Phi) is 5.28. The van der Waals surface area contributed by atoms with Crippen molar-refractivity contribution in [1.29, 1.82) is 0 Å². The Morgan fingerprint density at radius 1 is 1.23 bits per heavy atom. The largest absolute Gasteiger partial charge is 0.467 e. The normalized spacial score (nSPS) is 10.5. The third kappa shape index (κ3) is 4.07. The van der Waals surface area contributed by atoms with E-state index in [4.69, 9.17) is 16.0 Å². The van der Waals surface area contributed by atoms with E-state index in [1.807, 2.05) is 6.07 Å². The molecule has 0 aliphatic carbocycles. The Morgan fingerprint density at radius 3 is 2.73 bits per heavy atom. The lowest BCUT2D eigenvalue weighted by atomic mass is 10.1. The molecule has 2 heterocycles. The van der Waals surface area contributed by atoms with Crippen molar-refractivity contribution in [2.24, 2.45) is 0 Å². The maximum atomic E-state index is 13.0. The van der Waals surface area contributed by atoms with Crippen molar-refractivity contribution in [2.75, 3.05) is 0 Å². The number of amides is 1. The van der Waals surface area contributed by atoms with E-state index < -0.39 is 4.92 Å². The number of hydrogen-bond acceptors (Lipinski definition) is 5. The number of nitro groups is 1. The van der Waals surface area contributed by atoms with Crippen molar-refractivity contribution >= 4 is 23.2 Å². The van der Waals surface area contributed by atoms with Gasteiger partial charge < -0.3 is 9.32 Å². The van der Waals surface area contributed by atoms with Gasteiger partial charge in [0.25, 0.3) is 11.6 Å². The van der Waals surface area contributed by atoms with E-state index in [1.165, 1.54) is 29.4 Å². The Labute approximate surface area is 154 Å². The second-order valence-corrected chi connectivity index (χ2v) is 5.93. The molecule has 1 amide bonds. The third-order valence-corrected chi connectivity index (χ3v) is 4.02. The smallest absolute Gasteiger partial charge is 0.288 e. The van der Waals surface area contributed by atoms with Crippen LogP contribution in [0.15, 0.2) is 65.5 Å². The Balaban J connectivity index is 1.91. The Bertz CT molecular complexity index is 913. The number of carbonyl (C=O) groups is 1. The quantitative estimate of drug-likeness (QED) is 0.481. The fourth-order valence-electron chi connectivity index (χ4n) is 2.47. The second kappa shape index (κ2) is 7.79. The lowest BCUT2D eigenvalue weighted by molar-refractivity contribution is -0.384. The maximum Gasteiger partial charge on any atom is 0.288 e. The summed E-state index contributed by atoms with van der Waals surface area (Å²) in [7, 11) is 0. The molecule has 0 saturated heterocycles. The van der Waals surface area contributed by atoms with E-state index in [-0.39, 0.29) is 35.3 Å². The Morgan fingerprint density at radius 2 is 2.08 bits per heavy atom. The summed E-state index contributed by atoms with van der Waals surface area (Å²) in [5.74, 6) is 0.232. The third-order valence-electron chi connectivity index (χ3n) is 3.70. The predicted octanol–water partition coefficient (Wildman–Crippen LogP) is 4.08. The van der Waals surface area contributed by atoms with Gasteiger partial charge in [0.05, 0.1) is 17.7 Å². The van der Waals surface area contributed by atoms with Crippen LogP contribution in [0, 0.1) is 10.1 Å². The number of hydrogen-bond donors (Lipinski definition) is 0. The van der Waals surface area contributed by atoms with Gasteiger partial charge in [-0.1, -0.05) is 17.7 Å². The van der Waals surface area contributed by atoms with E-state index >= 15 is 0 Å². The number of furan rings is 1. The van der Waals surface area contributed by atoms with Crippen LogP contribution in [-0.2, 0) is 13.1 Å². The van der Waals surface area contributed by atoms with Gasteiger partial charge >= 0.3 is 0 Å². The highest BCUT2D eigenvalue weighted by atomic mass is 35.5. The SMILES string of the molecule is O=C(c1ccc(Cl)c([N+](=O)[O-])c1)N(Cc1cccnc1)Cc1ccco1. The molecule has 132 valence electrons. The van der Waals surface area contributed by atoms with Crippen molar-refractivity contribution in [3.05, 3.63) is 93.1 Å². The number of pyridine rings is 1. The first-order valence-corrected chi connectivity index (χ1v) is 8.07. The fraction of sp³-hybridized carbons (Fsp3) is 0.111. The zero-order chi connectivity index (χ0) is 18.5. The first-order valence-electron chi connectivity index (χ1n) is 7.69. The van der Waals surface area contributed by atoms with Gasteiger partial charge in [-0.3, -0.25) is 19.9 Å². The molecule has 26 heavy (non-hydrogen) atoms. The van der Waals surface area contributed by atoms with Crippen LogP contribution in [0.1, 0.15) is 21.7 Å². The van der Waals surface area contributed by atoms with Crippen LogP contribution in [-0.4, -0.2) is 20.7 Å². The molecule has 0 N–H and O–H groups in total. The minimum atomic E-state index is -0.614. The molecule has 0 fully saturated rings. The summed E-state index contributed by atoms with van der Waals surface area (Å²) >= 11 is 5.83. The lowest BCUT2D eigenvalue weighted by Gasteiger charge is -2.22. The van der Waals surface area contributed by atoms with Gasteiger partial charge in [0.2, 0.25) is 0 Å². The maximum absolute atomic E-state index is 13.0. The van der Waals surface area contributed by atoms with Gasteiger partial charge in [0.15, 0.2) is 0 Å². The zero-order valence-electron chi connectivity index (χ0n) is 13.5. The van der Waals surface area contributed by atoms with Gasteiger partial charge in [0.1, 0.15) is 10.8 Å². The molecule has 3 rings (SSSR count). The van der Waals surface area contributed by atoms with Crippen molar-refractivity contribution < 1.29 is 14.1 Å². The van der Waals surface area contributed by atoms with E-state index in [2.05, 4.69) is 4.98 Å². The molecule has 0 bridgehead atoms. The molecular formula is C18H14ClN3O4. The number of carbonyl (C=O) groups excluding carboxylic acids is 1. The standard InChI is InChI=1S/C18H14ClN3O4/c19-16-6-5-14(9-17(16)22(24)25)18(23)21(12-15-4-2-8-26-15)11-13-3-1-7-20-10-13/h1-10H,11-12H2. The highest BCUT2D eigenvalue weighted by Crippen LogP contribution is 2.26. The summed E-state index contributed by atoms with van der Waals surface area (Å²) in [6.07, 6.45) is 4.83. The van der Waals surface area contributed by atoms with Gasteiger partial charge in [-0.25, -0.2) is 0 Å². The van der Waals surface area contributed by atoms with Gasteiger partial charge in [0, 0.05) is 30.6 Å². The van der Waals surface area contributed by atoms with Crippen molar-refractivity contribution in [2.45, 2.75) is 13.1 Å². The summed E-state index contributed by atoms with van der Waals surface area (Å²) in [5, 5.41) is 11.1. The molecule has 0 spiro atoms. The number of benzene rings is 1. The topological polar surface area (TPSA) is 89.5 Å². The fourth-order valence-corrected chi connectivity index (χ4v) is 2.66. The molecule has 0 atom stereocenters. The molecule has 0 radical (unpaired) electrons. The van der Waals surface area contributed by atoms with Crippen LogP contribution in [0.3, 0.4) is 0 Å². The van der Waals surface area contributed by atoms with Crippen LogP contribution in [0.4, 0.5) is 5.69 Å². The van der Waals surface area contributed by atoms with Crippen molar-refractivity contribution in [3.8, 4) is 0 Å². The van der Waals surface area contributed by atoms with Crippen molar-refractivity contribution in [3.63, 3.8) is 0 Å². The number of nitro benzene ring substituents is 1. The summed E-state index contributed by atoms with van der Waals surface area (Å²) in [5.41, 5.74) is 0.698. The summed E-state index contributed by atoms with van der Waals surface area (Å²) in [6.45, 7) is 0.501. The van der Waals surface area contributed by atoms with Crippen LogP contribution in [0.25, 0.3) is 0 Å². The monoisotopic (exact) mass is 371 g/mol. The minimum Gasteiger partial charge on any atom is -0.467 e. The number of rotatable bonds is 6. The van der Waals surface area contributed by atoms with Crippen LogP contribution in [0.5, 0.6) is 0 Å². The summed E-state index contributed by atoms with van der Waals surface area (Å²) < 4.78 is 5.33. The molecule has 0 aliphatic heterocycles. The molecule has 1 aromatic carbocycles. The predicted molar refractivity (Wildman–Crippen MR) is 94.6 cm³/mol. The second-order valence-electron chi connectivity index (χ2n) is 5.53. The number of aromatic nitrogens is 1. The molecule has 7 nitrogen and oxygen atoms in total. The van der Waals surface area contributed by atoms with E-state index in [0.717, 1.165) is 5.56 Å². The van der Waals surface area contributed by atoms with Gasteiger partial charge in [-0.2, -0.15) is 0 Å². The average molecular weight is 372 g/mol. The van der Waals surface area contributed by atoms with E-state index in [1.54, 1.807) is 30.6 Å². The Hall–Kier alpha value is -3.19. The summed E-state index contributed by atoms with van der Waals surface area (Å²) in [4.78, 5) is 29.0. The minimum absolute atomic E-state index is 0.0172. The molecule has 0 unspecified atom stereocenters. The highest BCUT2D eigenvalue weighted by molar-refractivity contribution is 6.32. The molecule has 8 heteroatoms. The average Bonchev–Trinajstić information content (AvgIpc) is 3.15. The first kappa shape index (κ1) is 17.6. The highest BCUT2D eigenvalue weighted by Gasteiger charge is 2.22. The van der Waals surface area contributed by atoms with E-state index in [0.29, 0.717) is 5.76 Å². The summed E-state index contributed by atoms with van der Waals surface area (Å²) in [6, 6.07) is 11.1. The van der Waals surface area contributed by atoms with Crippen LogP contribution < -0.4 is 0 Å². The van der Waals surface area contributed by atoms with E-state index in [9.17, 15) is 14.9 Å². The van der Waals surface area contributed by atoms with Crippen molar-refractivity contribution in [1.82, 2.24) is 9.88 Å². The van der Waals surface area contributed by atoms with Gasteiger partial charge in [-0.05, 0) is 35.9 Å². The zero-order valence-corrected chi connectivity index (χ0v) is 14.3. The van der Waals surface area contributed by atoms with Crippen LogP contribution >= 0.6 is 11.6 Å². The molecular weight excluding hydrogens is 358 g/mol. The molecule has 2 aromatic heterocycles. The molecule has 3 aromatic rings. The van der Waals surface area contributed by atoms with Gasteiger partial charge in [-0.15, -0.1) is 0 Å². The van der Waals surface area contributed by atoms with Crippen LogP contribution in [0.2, 0.25) is 5.02 Å².